The quantitative estimate of drug-likeness (QED) is 0.757. The first kappa shape index (κ1) is 17.7. The number of aliphatic carboxylic acids is 1. The highest BCUT2D eigenvalue weighted by Gasteiger charge is 2.09. The Morgan fingerprint density at radius 2 is 1.83 bits per heavy atom. The van der Waals surface area contributed by atoms with Crippen LogP contribution < -0.4 is 4.74 Å². The Hall–Kier alpha value is -2.62. The molecule has 0 heterocycles. The zero-order chi connectivity index (χ0) is 17.7. The van der Waals surface area contributed by atoms with Crippen LogP contribution in [0.15, 0.2) is 36.4 Å². The minimum absolute atomic E-state index is 0.0284. The monoisotopic (exact) mass is 326 g/mol. The molecule has 0 bridgehead atoms. The fourth-order valence-electron chi connectivity index (χ4n) is 2.59. The molecular formula is C20H22O4. The summed E-state index contributed by atoms with van der Waals surface area (Å²) in [5.41, 5.74) is 3.69. The lowest BCUT2D eigenvalue weighted by Gasteiger charge is -2.13. The summed E-state index contributed by atoms with van der Waals surface area (Å²) in [7, 11) is 0. The summed E-state index contributed by atoms with van der Waals surface area (Å²) >= 11 is 0. The Morgan fingerprint density at radius 1 is 1.08 bits per heavy atom. The Morgan fingerprint density at radius 3 is 2.42 bits per heavy atom. The van der Waals surface area contributed by atoms with E-state index in [0.29, 0.717) is 23.5 Å². The standard InChI is InChI=1S/C20H22O4/c1-4-15-12-18(8-5-16(15)7-10-20(22)23)24-19-9-6-17(14(3)21)11-13(19)2/h5-6,8-9,11-12H,4,7,10H2,1-3H3,(H,22,23). The van der Waals surface area contributed by atoms with E-state index in [0.717, 1.165) is 23.1 Å². The van der Waals surface area contributed by atoms with Gasteiger partial charge in [0.1, 0.15) is 11.5 Å². The van der Waals surface area contributed by atoms with Gasteiger partial charge in [-0.2, -0.15) is 0 Å². The maximum Gasteiger partial charge on any atom is 0.303 e. The van der Waals surface area contributed by atoms with Gasteiger partial charge in [0.05, 0.1) is 0 Å². The third-order valence-corrected chi connectivity index (χ3v) is 3.98. The highest BCUT2D eigenvalue weighted by Crippen LogP contribution is 2.28. The van der Waals surface area contributed by atoms with E-state index in [1.165, 1.54) is 0 Å². The van der Waals surface area contributed by atoms with E-state index in [-0.39, 0.29) is 12.2 Å². The average Bonchev–Trinajstić information content (AvgIpc) is 2.55. The number of benzene rings is 2. The summed E-state index contributed by atoms with van der Waals surface area (Å²) in [5.74, 6) is 0.657. The van der Waals surface area contributed by atoms with Gasteiger partial charge in [0, 0.05) is 12.0 Å². The number of rotatable bonds is 7. The lowest BCUT2D eigenvalue weighted by Crippen LogP contribution is -2.01. The molecule has 0 aliphatic heterocycles. The Labute approximate surface area is 142 Å². The number of carboxylic acid groups (broad SMARTS) is 1. The van der Waals surface area contributed by atoms with Crippen LogP contribution >= 0.6 is 0 Å². The highest BCUT2D eigenvalue weighted by atomic mass is 16.5. The van der Waals surface area contributed by atoms with Crippen LogP contribution in [0.25, 0.3) is 0 Å². The topological polar surface area (TPSA) is 63.6 Å². The van der Waals surface area contributed by atoms with Gasteiger partial charge in [0.15, 0.2) is 5.78 Å². The zero-order valence-corrected chi connectivity index (χ0v) is 14.3. The second-order valence-electron chi connectivity index (χ2n) is 5.82. The second kappa shape index (κ2) is 7.77. The van der Waals surface area contributed by atoms with Crippen LogP contribution in [0.3, 0.4) is 0 Å². The second-order valence-corrected chi connectivity index (χ2v) is 5.82. The van der Waals surface area contributed by atoms with Gasteiger partial charge in [0.2, 0.25) is 0 Å². The Balaban J connectivity index is 2.21. The molecule has 4 nitrogen and oxygen atoms in total. The largest absolute Gasteiger partial charge is 0.481 e. The van der Waals surface area contributed by atoms with E-state index in [9.17, 15) is 9.59 Å². The van der Waals surface area contributed by atoms with E-state index >= 15 is 0 Å². The highest BCUT2D eigenvalue weighted by molar-refractivity contribution is 5.94. The van der Waals surface area contributed by atoms with Gasteiger partial charge in [0.25, 0.3) is 0 Å². The lowest BCUT2D eigenvalue weighted by atomic mass is 10.0. The Kier molecular flexibility index (Phi) is 5.74. The van der Waals surface area contributed by atoms with Crippen molar-refractivity contribution in [3.63, 3.8) is 0 Å². The number of Topliss-reactive ketones (excluding diaryl/α,β-unsaturated/α-hetero) is 1. The zero-order valence-electron chi connectivity index (χ0n) is 14.3. The molecule has 2 aromatic carbocycles. The number of carbonyl (C=O) groups is 2. The minimum Gasteiger partial charge on any atom is -0.481 e. The SMILES string of the molecule is CCc1cc(Oc2ccc(C(C)=O)cc2C)ccc1CCC(=O)O. The van der Waals surface area contributed by atoms with E-state index in [2.05, 4.69) is 0 Å². The number of hydrogen-bond donors (Lipinski definition) is 1. The molecule has 2 rings (SSSR count). The number of carbonyl (C=O) groups excluding carboxylic acids is 1. The first-order chi connectivity index (χ1) is 11.4. The van der Waals surface area contributed by atoms with Crippen LogP contribution in [0.4, 0.5) is 0 Å². The van der Waals surface area contributed by atoms with E-state index < -0.39 is 5.97 Å². The van der Waals surface area contributed by atoms with Crippen LogP contribution in [0.5, 0.6) is 11.5 Å². The summed E-state index contributed by atoms with van der Waals surface area (Å²) in [4.78, 5) is 22.2. The molecule has 0 spiro atoms. The third-order valence-electron chi connectivity index (χ3n) is 3.98. The molecule has 126 valence electrons. The number of ketones is 1. The maximum absolute atomic E-state index is 11.4. The third kappa shape index (κ3) is 4.44. The van der Waals surface area contributed by atoms with Crippen LogP contribution in [-0.2, 0) is 17.6 Å². The van der Waals surface area contributed by atoms with Crippen LogP contribution in [-0.4, -0.2) is 16.9 Å². The van der Waals surface area contributed by atoms with Gasteiger partial charge in [-0.15, -0.1) is 0 Å². The normalized spacial score (nSPS) is 10.5. The van der Waals surface area contributed by atoms with Crippen molar-refractivity contribution in [3.05, 3.63) is 58.7 Å². The van der Waals surface area contributed by atoms with Crippen LogP contribution in [0, 0.1) is 6.92 Å². The van der Waals surface area contributed by atoms with Crippen molar-refractivity contribution < 1.29 is 19.4 Å². The van der Waals surface area contributed by atoms with E-state index in [1.807, 2.05) is 38.1 Å². The fraction of sp³-hybridized carbons (Fsp3) is 0.300. The molecule has 0 saturated carbocycles. The van der Waals surface area contributed by atoms with Gasteiger partial charge in [-0.05, 0) is 73.7 Å². The van der Waals surface area contributed by atoms with Gasteiger partial charge in [-0.1, -0.05) is 13.0 Å². The number of hydrogen-bond acceptors (Lipinski definition) is 3. The molecule has 0 aliphatic rings. The maximum atomic E-state index is 11.4. The predicted molar refractivity (Wildman–Crippen MR) is 93.0 cm³/mol. The molecule has 0 amide bonds. The van der Waals surface area contributed by atoms with Crippen molar-refractivity contribution in [3.8, 4) is 11.5 Å². The number of ether oxygens (including phenoxy) is 1. The van der Waals surface area contributed by atoms with Gasteiger partial charge >= 0.3 is 5.97 Å². The van der Waals surface area contributed by atoms with E-state index in [4.69, 9.17) is 9.84 Å². The molecule has 0 fully saturated rings. The van der Waals surface area contributed by atoms with Crippen molar-refractivity contribution in [2.75, 3.05) is 0 Å². The number of aryl methyl sites for hydroxylation is 3. The molecule has 0 unspecified atom stereocenters. The molecule has 2 aromatic rings. The van der Waals surface area contributed by atoms with Crippen molar-refractivity contribution in [1.82, 2.24) is 0 Å². The summed E-state index contributed by atoms with van der Waals surface area (Å²) in [6, 6.07) is 11.1. The molecule has 4 heteroatoms. The van der Waals surface area contributed by atoms with Gasteiger partial charge in [-0.25, -0.2) is 0 Å². The Bertz CT molecular complexity index is 762. The summed E-state index contributed by atoms with van der Waals surface area (Å²) in [5, 5.41) is 8.83. The fourth-order valence-corrected chi connectivity index (χ4v) is 2.59. The molecular weight excluding hydrogens is 304 g/mol. The lowest BCUT2D eigenvalue weighted by molar-refractivity contribution is -0.136. The van der Waals surface area contributed by atoms with E-state index in [1.54, 1.807) is 19.1 Å². The molecule has 1 N–H and O–H groups in total. The first-order valence-corrected chi connectivity index (χ1v) is 8.03. The van der Waals surface area contributed by atoms with Gasteiger partial charge < -0.3 is 9.84 Å². The first-order valence-electron chi connectivity index (χ1n) is 8.03. The molecule has 0 aromatic heterocycles. The summed E-state index contributed by atoms with van der Waals surface area (Å²) < 4.78 is 5.94. The predicted octanol–water partition coefficient (Wildman–Crippen LogP) is 4.57. The molecule has 0 atom stereocenters. The van der Waals surface area contributed by atoms with Crippen molar-refractivity contribution in [1.29, 1.82) is 0 Å². The average molecular weight is 326 g/mol. The smallest absolute Gasteiger partial charge is 0.303 e. The molecule has 0 saturated heterocycles. The number of carboxylic acids is 1. The summed E-state index contributed by atoms with van der Waals surface area (Å²) in [6.07, 6.45) is 1.46. The van der Waals surface area contributed by atoms with Crippen molar-refractivity contribution in [2.24, 2.45) is 0 Å². The van der Waals surface area contributed by atoms with Crippen molar-refractivity contribution >= 4 is 11.8 Å². The summed E-state index contributed by atoms with van der Waals surface area (Å²) in [6.45, 7) is 5.48. The molecule has 0 radical (unpaired) electrons. The van der Waals surface area contributed by atoms with Crippen LogP contribution in [0.1, 0.15) is 47.3 Å². The molecule has 24 heavy (non-hydrogen) atoms. The van der Waals surface area contributed by atoms with Crippen LogP contribution in [0.2, 0.25) is 0 Å². The van der Waals surface area contributed by atoms with Crippen molar-refractivity contribution in [2.45, 2.75) is 40.0 Å². The minimum atomic E-state index is -0.793. The van der Waals surface area contributed by atoms with Gasteiger partial charge in [-0.3, -0.25) is 9.59 Å². The molecule has 0 aliphatic carbocycles.